The van der Waals surface area contributed by atoms with E-state index in [0.29, 0.717) is 6.04 Å². The Labute approximate surface area is 109 Å². The molecule has 18 heavy (non-hydrogen) atoms. The van der Waals surface area contributed by atoms with Crippen molar-refractivity contribution in [3.63, 3.8) is 0 Å². The lowest BCUT2D eigenvalue weighted by molar-refractivity contribution is 0.118. The number of likely N-dealkylation sites (tertiary alicyclic amines) is 1. The van der Waals surface area contributed by atoms with E-state index in [1.54, 1.807) is 6.33 Å². The lowest BCUT2D eigenvalue weighted by atomic mass is 9.97. The van der Waals surface area contributed by atoms with Crippen molar-refractivity contribution in [3.05, 3.63) is 12.2 Å². The summed E-state index contributed by atoms with van der Waals surface area (Å²) < 4.78 is 2.02. The van der Waals surface area contributed by atoms with E-state index in [4.69, 9.17) is 5.73 Å². The summed E-state index contributed by atoms with van der Waals surface area (Å²) in [6.45, 7) is 7.24. The molecule has 0 aliphatic carbocycles. The van der Waals surface area contributed by atoms with Gasteiger partial charge in [0.25, 0.3) is 0 Å². The molecule has 1 saturated heterocycles. The van der Waals surface area contributed by atoms with Crippen molar-refractivity contribution in [1.29, 1.82) is 0 Å². The van der Waals surface area contributed by atoms with Gasteiger partial charge in [-0.05, 0) is 32.7 Å². The monoisotopic (exact) mass is 251 g/mol. The Kier molecular flexibility index (Phi) is 4.72. The summed E-state index contributed by atoms with van der Waals surface area (Å²) in [6.07, 6.45) is 6.53. The maximum atomic E-state index is 6.10. The summed E-state index contributed by atoms with van der Waals surface area (Å²) in [4.78, 5) is 6.87. The van der Waals surface area contributed by atoms with Crippen LogP contribution in [0.1, 0.15) is 45.4 Å². The highest BCUT2D eigenvalue weighted by molar-refractivity contribution is 4.90. The second-order valence-electron chi connectivity index (χ2n) is 5.29. The number of piperidine rings is 1. The number of rotatable bonds is 5. The van der Waals surface area contributed by atoms with Crippen LogP contribution < -0.4 is 5.73 Å². The fraction of sp³-hybridized carbons (Fsp3) is 0.846. The zero-order valence-corrected chi connectivity index (χ0v) is 11.5. The van der Waals surface area contributed by atoms with Crippen molar-refractivity contribution in [1.82, 2.24) is 19.7 Å². The molecule has 5 heteroatoms. The molecule has 0 bridgehead atoms. The van der Waals surface area contributed by atoms with Gasteiger partial charge in [0, 0.05) is 18.6 Å². The van der Waals surface area contributed by atoms with Gasteiger partial charge in [0.05, 0.1) is 6.54 Å². The van der Waals surface area contributed by atoms with Crippen LogP contribution in [0.15, 0.2) is 6.33 Å². The minimum absolute atomic E-state index is 0.229. The molecule has 0 radical (unpaired) electrons. The maximum absolute atomic E-state index is 6.10. The molecule has 0 spiro atoms. The van der Waals surface area contributed by atoms with Crippen LogP contribution in [0.2, 0.25) is 0 Å². The van der Waals surface area contributed by atoms with Gasteiger partial charge in [0.1, 0.15) is 12.2 Å². The van der Waals surface area contributed by atoms with Gasteiger partial charge < -0.3 is 5.73 Å². The van der Waals surface area contributed by atoms with Crippen molar-refractivity contribution in [3.8, 4) is 0 Å². The first-order valence-corrected chi connectivity index (χ1v) is 7.08. The lowest BCUT2D eigenvalue weighted by Gasteiger charge is -2.37. The molecule has 1 aliphatic rings. The molecule has 0 saturated carbocycles. The van der Waals surface area contributed by atoms with Crippen LogP contribution in [0.25, 0.3) is 0 Å². The molecule has 2 unspecified atom stereocenters. The van der Waals surface area contributed by atoms with Gasteiger partial charge in [0.15, 0.2) is 0 Å². The van der Waals surface area contributed by atoms with Crippen molar-refractivity contribution in [2.75, 3.05) is 6.54 Å². The van der Waals surface area contributed by atoms with Crippen molar-refractivity contribution < 1.29 is 0 Å². The molecule has 1 aromatic rings. The predicted molar refractivity (Wildman–Crippen MR) is 72.0 cm³/mol. The SMILES string of the molecule is CCCn1ncnc1CN1CCCCC1C(C)N. The van der Waals surface area contributed by atoms with Gasteiger partial charge in [0.2, 0.25) is 0 Å². The molecule has 5 nitrogen and oxygen atoms in total. The van der Waals surface area contributed by atoms with Crippen molar-refractivity contribution in [2.24, 2.45) is 5.73 Å². The predicted octanol–water partition coefficient (Wildman–Crippen LogP) is 1.39. The van der Waals surface area contributed by atoms with Gasteiger partial charge in [-0.2, -0.15) is 5.10 Å². The standard InChI is InChI=1S/C13H25N5/c1-3-7-18-13(15-10-16-18)9-17-8-5-4-6-12(17)11(2)14/h10-12H,3-9,14H2,1-2H3. The number of aryl methyl sites for hydroxylation is 1. The molecule has 0 aromatic carbocycles. The zero-order chi connectivity index (χ0) is 13.0. The zero-order valence-electron chi connectivity index (χ0n) is 11.5. The molecular weight excluding hydrogens is 226 g/mol. The fourth-order valence-electron chi connectivity index (χ4n) is 2.80. The lowest BCUT2D eigenvalue weighted by Crippen LogP contribution is -2.48. The van der Waals surface area contributed by atoms with Gasteiger partial charge in [-0.25, -0.2) is 9.67 Å². The highest BCUT2D eigenvalue weighted by Crippen LogP contribution is 2.20. The number of aromatic nitrogens is 3. The third kappa shape index (κ3) is 3.09. The second kappa shape index (κ2) is 6.29. The minimum atomic E-state index is 0.229. The highest BCUT2D eigenvalue weighted by Gasteiger charge is 2.26. The van der Waals surface area contributed by atoms with Crippen LogP contribution in [-0.2, 0) is 13.1 Å². The molecule has 2 heterocycles. The summed E-state index contributed by atoms with van der Waals surface area (Å²) >= 11 is 0. The third-order valence-electron chi connectivity index (χ3n) is 3.75. The first-order chi connectivity index (χ1) is 8.72. The van der Waals surface area contributed by atoms with E-state index in [-0.39, 0.29) is 6.04 Å². The maximum Gasteiger partial charge on any atom is 0.141 e. The Balaban J connectivity index is 2.04. The second-order valence-corrected chi connectivity index (χ2v) is 5.29. The first kappa shape index (κ1) is 13.5. The molecular formula is C13H25N5. The smallest absolute Gasteiger partial charge is 0.141 e. The van der Waals surface area contributed by atoms with Crippen LogP contribution in [0, 0.1) is 0 Å². The minimum Gasteiger partial charge on any atom is -0.327 e. The largest absolute Gasteiger partial charge is 0.327 e. The molecule has 1 fully saturated rings. The highest BCUT2D eigenvalue weighted by atomic mass is 15.4. The molecule has 102 valence electrons. The molecule has 1 aromatic heterocycles. The van der Waals surface area contributed by atoms with E-state index in [1.807, 2.05) is 4.68 Å². The Morgan fingerprint density at radius 3 is 3.06 bits per heavy atom. The van der Waals surface area contributed by atoms with Crippen LogP contribution in [0.5, 0.6) is 0 Å². The quantitative estimate of drug-likeness (QED) is 0.859. The molecule has 0 amide bonds. The normalized spacial score (nSPS) is 23.2. The summed E-state index contributed by atoms with van der Waals surface area (Å²) in [5.41, 5.74) is 6.10. The Morgan fingerprint density at radius 2 is 2.33 bits per heavy atom. The van der Waals surface area contributed by atoms with Crippen LogP contribution >= 0.6 is 0 Å². The van der Waals surface area contributed by atoms with E-state index in [2.05, 4.69) is 28.8 Å². The van der Waals surface area contributed by atoms with E-state index in [9.17, 15) is 0 Å². The average molecular weight is 251 g/mol. The van der Waals surface area contributed by atoms with Crippen LogP contribution in [-0.4, -0.2) is 38.3 Å². The van der Waals surface area contributed by atoms with Gasteiger partial charge in [-0.15, -0.1) is 0 Å². The van der Waals surface area contributed by atoms with Crippen LogP contribution in [0.4, 0.5) is 0 Å². The van der Waals surface area contributed by atoms with E-state index in [0.717, 1.165) is 31.9 Å². The van der Waals surface area contributed by atoms with E-state index >= 15 is 0 Å². The average Bonchev–Trinajstić information content (AvgIpc) is 2.78. The topological polar surface area (TPSA) is 60.0 Å². The Morgan fingerprint density at radius 1 is 1.50 bits per heavy atom. The van der Waals surface area contributed by atoms with Gasteiger partial charge >= 0.3 is 0 Å². The van der Waals surface area contributed by atoms with Crippen molar-refractivity contribution >= 4 is 0 Å². The number of hydrogen-bond donors (Lipinski definition) is 1. The summed E-state index contributed by atoms with van der Waals surface area (Å²) in [5, 5.41) is 4.29. The van der Waals surface area contributed by atoms with E-state index in [1.165, 1.54) is 19.3 Å². The summed E-state index contributed by atoms with van der Waals surface area (Å²) in [7, 11) is 0. The number of nitrogens with zero attached hydrogens (tertiary/aromatic N) is 4. The van der Waals surface area contributed by atoms with Gasteiger partial charge in [-0.1, -0.05) is 13.3 Å². The number of nitrogens with two attached hydrogens (primary N) is 1. The molecule has 2 rings (SSSR count). The molecule has 1 aliphatic heterocycles. The summed E-state index contributed by atoms with van der Waals surface area (Å²) in [6, 6.07) is 0.721. The number of hydrogen-bond acceptors (Lipinski definition) is 4. The molecule has 2 atom stereocenters. The van der Waals surface area contributed by atoms with Crippen molar-refractivity contribution in [2.45, 2.75) is 64.7 Å². The van der Waals surface area contributed by atoms with E-state index < -0.39 is 0 Å². The fourth-order valence-corrected chi connectivity index (χ4v) is 2.80. The molecule has 2 N–H and O–H groups in total. The first-order valence-electron chi connectivity index (χ1n) is 7.08. The Bertz CT molecular complexity index is 360. The third-order valence-corrected chi connectivity index (χ3v) is 3.75. The Hall–Kier alpha value is -0.940. The van der Waals surface area contributed by atoms with Gasteiger partial charge in [-0.3, -0.25) is 4.90 Å². The van der Waals surface area contributed by atoms with Crippen LogP contribution in [0.3, 0.4) is 0 Å². The summed E-state index contributed by atoms with van der Waals surface area (Å²) in [5.74, 6) is 1.07.